The second-order valence-electron chi connectivity index (χ2n) is 3.80. The quantitative estimate of drug-likeness (QED) is 0.800. The van der Waals surface area contributed by atoms with Gasteiger partial charge in [0.2, 0.25) is 0 Å². The molecule has 1 atom stereocenters. The zero-order valence-corrected chi connectivity index (χ0v) is 10.0. The fraction of sp³-hybridized carbons (Fsp3) is 0.417. The number of carbonyl (C=O) groups is 1. The number of carboxylic acids is 1. The number of thioether (sulfide) groups is 1. The van der Waals surface area contributed by atoms with E-state index in [2.05, 4.69) is 0 Å². The first kappa shape index (κ1) is 13.1. The average Bonchev–Trinajstić information content (AvgIpc) is 2.29. The fourth-order valence-electron chi connectivity index (χ4n) is 1.17. The minimum Gasteiger partial charge on any atom is -0.478 e. The molecule has 0 aliphatic rings. The number of aliphatic hydroxyl groups excluding tert-OH is 1. The van der Waals surface area contributed by atoms with E-state index < -0.39 is 5.97 Å². The highest BCUT2D eigenvalue weighted by atomic mass is 32.2. The lowest BCUT2D eigenvalue weighted by Crippen LogP contribution is -2.03. The summed E-state index contributed by atoms with van der Waals surface area (Å²) in [6.07, 6.45) is 0. The van der Waals surface area contributed by atoms with Crippen LogP contribution in [0.2, 0.25) is 0 Å². The zero-order chi connectivity index (χ0) is 12.0. The van der Waals surface area contributed by atoms with Crippen LogP contribution in [0.4, 0.5) is 0 Å². The van der Waals surface area contributed by atoms with Crippen molar-refractivity contribution in [2.45, 2.75) is 12.7 Å². The Bertz CT molecular complexity index is 335. The molecule has 0 aliphatic carbocycles. The van der Waals surface area contributed by atoms with Gasteiger partial charge in [-0.05, 0) is 29.4 Å². The van der Waals surface area contributed by atoms with Crippen molar-refractivity contribution < 1.29 is 15.0 Å². The molecular formula is C12H16O3S. The molecule has 88 valence electrons. The van der Waals surface area contributed by atoms with Crippen molar-refractivity contribution >= 4 is 17.7 Å². The van der Waals surface area contributed by atoms with E-state index in [9.17, 15) is 4.79 Å². The Morgan fingerprint density at radius 3 is 2.50 bits per heavy atom. The van der Waals surface area contributed by atoms with Gasteiger partial charge >= 0.3 is 5.97 Å². The number of hydrogen-bond acceptors (Lipinski definition) is 3. The van der Waals surface area contributed by atoms with E-state index in [1.807, 2.05) is 19.1 Å². The van der Waals surface area contributed by atoms with Crippen molar-refractivity contribution in [1.29, 1.82) is 0 Å². The van der Waals surface area contributed by atoms with E-state index in [4.69, 9.17) is 10.2 Å². The van der Waals surface area contributed by atoms with Crippen molar-refractivity contribution in [3.8, 4) is 0 Å². The number of benzene rings is 1. The van der Waals surface area contributed by atoms with Gasteiger partial charge in [-0.1, -0.05) is 19.1 Å². The maximum absolute atomic E-state index is 10.6. The van der Waals surface area contributed by atoms with E-state index in [1.54, 1.807) is 23.9 Å². The molecule has 1 unspecified atom stereocenters. The smallest absolute Gasteiger partial charge is 0.335 e. The molecule has 16 heavy (non-hydrogen) atoms. The monoisotopic (exact) mass is 240 g/mol. The second kappa shape index (κ2) is 6.55. The van der Waals surface area contributed by atoms with Crippen molar-refractivity contribution in [2.24, 2.45) is 5.92 Å². The molecule has 0 bridgehead atoms. The van der Waals surface area contributed by atoms with E-state index in [1.165, 1.54) is 0 Å². The maximum Gasteiger partial charge on any atom is 0.335 e. The largest absolute Gasteiger partial charge is 0.478 e. The summed E-state index contributed by atoms with van der Waals surface area (Å²) < 4.78 is 0. The summed E-state index contributed by atoms with van der Waals surface area (Å²) in [4.78, 5) is 10.6. The number of hydrogen-bond donors (Lipinski definition) is 2. The molecule has 0 saturated heterocycles. The minimum absolute atomic E-state index is 0.213. The Balaban J connectivity index is 2.40. The molecule has 0 aliphatic heterocycles. The van der Waals surface area contributed by atoms with E-state index in [0.29, 0.717) is 11.5 Å². The summed E-state index contributed by atoms with van der Waals surface area (Å²) in [6, 6.07) is 6.90. The molecule has 0 radical (unpaired) electrons. The van der Waals surface area contributed by atoms with Crippen molar-refractivity contribution in [1.82, 2.24) is 0 Å². The van der Waals surface area contributed by atoms with Crippen molar-refractivity contribution in [2.75, 3.05) is 12.4 Å². The molecule has 1 rings (SSSR count). The van der Waals surface area contributed by atoms with Crippen LogP contribution in [0.3, 0.4) is 0 Å². The van der Waals surface area contributed by atoms with Crippen LogP contribution >= 0.6 is 11.8 Å². The Morgan fingerprint density at radius 2 is 2.00 bits per heavy atom. The first-order valence-corrected chi connectivity index (χ1v) is 6.29. The lowest BCUT2D eigenvalue weighted by molar-refractivity contribution is 0.0697. The standard InChI is InChI=1S/C12H16O3S/c1-9(6-13)7-16-8-10-2-4-11(5-3-10)12(14)15/h2-5,9,13H,6-8H2,1H3,(H,14,15). The molecule has 0 saturated carbocycles. The summed E-state index contributed by atoms with van der Waals surface area (Å²) in [5.74, 6) is 1.18. The average molecular weight is 240 g/mol. The Hall–Kier alpha value is -1.00. The zero-order valence-electron chi connectivity index (χ0n) is 9.22. The van der Waals surface area contributed by atoms with Gasteiger partial charge < -0.3 is 10.2 Å². The Kier molecular flexibility index (Phi) is 5.35. The number of aliphatic hydroxyl groups is 1. The fourth-order valence-corrected chi connectivity index (χ4v) is 2.23. The summed E-state index contributed by atoms with van der Waals surface area (Å²) in [5, 5.41) is 17.6. The molecule has 0 fully saturated rings. The molecule has 0 amide bonds. The van der Waals surface area contributed by atoms with Gasteiger partial charge in [0.25, 0.3) is 0 Å². The van der Waals surface area contributed by atoms with Gasteiger partial charge in [0.1, 0.15) is 0 Å². The van der Waals surface area contributed by atoms with Crippen LogP contribution in [0.25, 0.3) is 0 Å². The highest BCUT2D eigenvalue weighted by Crippen LogP contribution is 2.15. The van der Waals surface area contributed by atoms with Crippen LogP contribution < -0.4 is 0 Å². The van der Waals surface area contributed by atoms with Gasteiger partial charge in [0.15, 0.2) is 0 Å². The first-order chi connectivity index (χ1) is 7.63. The SMILES string of the molecule is CC(CO)CSCc1ccc(C(=O)O)cc1. The van der Waals surface area contributed by atoms with Crippen LogP contribution in [0.1, 0.15) is 22.8 Å². The van der Waals surface area contributed by atoms with Crippen LogP contribution in [0.15, 0.2) is 24.3 Å². The third-order valence-electron chi connectivity index (χ3n) is 2.18. The molecule has 3 nitrogen and oxygen atoms in total. The third kappa shape index (κ3) is 4.24. The molecule has 0 aromatic heterocycles. The summed E-state index contributed by atoms with van der Waals surface area (Å²) in [6.45, 7) is 2.21. The Morgan fingerprint density at radius 1 is 1.38 bits per heavy atom. The van der Waals surface area contributed by atoms with Crippen LogP contribution in [0, 0.1) is 5.92 Å². The topological polar surface area (TPSA) is 57.5 Å². The molecule has 1 aromatic carbocycles. The van der Waals surface area contributed by atoms with Gasteiger partial charge in [0.05, 0.1) is 5.56 Å². The third-order valence-corrected chi connectivity index (χ3v) is 3.53. The van der Waals surface area contributed by atoms with Crippen molar-refractivity contribution in [3.05, 3.63) is 35.4 Å². The van der Waals surface area contributed by atoms with E-state index in [-0.39, 0.29) is 6.61 Å². The second-order valence-corrected chi connectivity index (χ2v) is 4.84. The normalized spacial score (nSPS) is 12.4. The van der Waals surface area contributed by atoms with Crippen LogP contribution in [-0.2, 0) is 5.75 Å². The molecule has 0 heterocycles. The maximum atomic E-state index is 10.6. The predicted octanol–water partition coefficient (Wildman–Crippen LogP) is 2.25. The molecule has 1 aromatic rings. The lowest BCUT2D eigenvalue weighted by atomic mass is 10.1. The number of carboxylic acid groups (broad SMARTS) is 1. The van der Waals surface area contributed by atoms with Crippen molar-refractivity contribution in [3.63, 3.8) is 0 Å². The van der Waals surface area contributed by atoms with Gasteiger partial charge in [-0.3, -0.25) is 0 Å². The van der Waals surface area contributed by atoms with Crippen LogP contribution in [-0.4, -0.2) is 28.5 Å². The highest BCUT2D eigenvalue weighted by molar-refractivity contribution is 7.98. The van der Waals surface area contributed by atoms with Gasteiger partial charge in [0, 0.05) is 12.4 Å². The highest BCUT2D eigenvalue weighted by Gasteiger charge is 2.03. The molecule has 2 N–H and O–H groups in total. The molecular weight excluding hydrogens is 224 g/mol. The van der Waals surface area contributed by atoms with Gasteiger partial charge in [-0.2, -0.15) is 11.8 Å². The summed E-state index contributed by atoms with van der Waals surface area (Å²) in [5.41, 5.74) is 1.43. The van der Waals surface area contributed by atoms with Crippen LogP contribution in [0.5, 0.6) is 0 Å². The van der Waals surface area contributed by atoms with Gasteiger partial charge in [-0.25, -0.2) is 4.79 Å². The summed E-state index contributed by atoms with van der Waals surface area (Å²) in [7, 11) is 0. The number of aromatic carboxylic acids is 1. The molecule has 4 heteroatoms. The van der Waals surface area contributed by atoms with Gasteiger partial charge in [-0.15, -0.1) is 0 Å². The Labute approximate surface area is 99.5 Å². The predicted molar refractivity (Wildman–Crippen MR) is 65.8 cm³/mol. The van der Waals surface area contributed by atoms with E-state index >= 15 is 0 Å². The first-order valence-electron chi connectivity index (χ1n) is 5.14. The summed E-state index contributed by atoms with van der Waals surface area (Å²) >= 11 is 1.75. The lowest BCUT2D eigenvalue weighted by Gasteiger charge is -2.07. The van der Waals surface area contributed by atoms with E-state index in [0.717, 1.165) is 17.1 Å². The number of rotatable bonds is 6. The minimum atomic E-state index is -0.895. The molecule has 0 spiro atoms.